The first-order chi connectivity index (χ1) is 10.4. The predicted octanol–water partition coefficient (Wildman–Crippen LogP) is 6.05. The molecule has 0 aliphatic rings. The zero-order valence-corrected chi connectivity index (χ0v) is 12.7. The second-order valence-corrected chi connectivity index (χ2v) is 5.18. The molecule has 0 spiro atoms. The standard InChI is InChI=1S/C20H23N/c1-2-3-6-13-19(16-18-11-7-4-8-12-18)17-21-20-14-9-5-10-15-20/h4-5,7-12,14-17H,2-3,6,13H2,1H3/b19-16+,21-17?. The van der Waals surface area contributed by atoms with Crippen LogP contribution in [0.25, 0.3) is 6.08 Å². The molecule has 0 amide bonds. The van der Waals surface area contributed by atoms with Crippen LogP contribution in [0.3, 0.4) is 0 Å². The monoisotopic (exact) mass is 277 g/mol. The third kappa shape index (κ3) is 5.78. The molecule has 0 aliphatic heterocycles. The van der Waals surface area contributed by atoms with Crippen LogP contribution in [0.2, 0.25) is 0 Å². The molecule has 2 rings (SSSR count). The number of nitrogens with zero attached hydrogens (tertiary/aromatic N) is 1. The first-order valence-electron chi connectivity index (χ1n) is 7.73. The Balaban J connectivity index is 2.12. The molecule has 0 saturated heterocycles. The van der Waals surface area contributed by atoms with Gasteiger partial charge in [-0.25, -0.2) is 0 Å². The topological polar surface area (TPSA) is 12.4 Å². The van der Waals surface area contributed by atoms with Crippen LogP contribution in [0.15, 0.2) is 71.2 Å². The molecule has 21 heavy (non-hydrogen) atoms. The van der Waals surface area contributed by atoms with Crippen LogP contribution in [-0.2, 0) is 0 Å². The van der Waals surface area contributed by atoms with Crippen LogP contribution >= 0.6 is 0 Å². The zero-order chi connectivity index (χ0) is 14.8. The van der Waals surface area contributed by atoms with Gasteiger partial charge in [-0.3, -0.25) is 4.99 Å². The van der Waals surface area contributed by atoms with Gasteiger partial charge in [-0.2, -0.15) is 0 Å². The van der Waals surface area contributed by atoms with Crippen molar-refractivity contribution in [3.8, 4) is 0 Å². The lowest BCUT2D eigenvalue weighted by molar-refractivity contribution is 0.724. The minimum atomic E-state index is 1.01. The zero-order valence-electron chi connectivity index (χ0n) is 12.7. The van der Waals surface area contributed by atoms with Gasteiger partial charge in [0.15, 0.2) is 0 Å². The highest BCUT2D eigenvalue weighted by Gasteiger charge is 1.96. The van der Waals surface area contributed by atoms with Gasteiger partial charge in [0, 0.05) is 6.21 Å². The van der Waals surface area contributed by atoms with Gasteiger partial charge in [0.1, 0.15) is 0 Å². The maximum atomic E-state index is 4.59. The lowest BCUT2D eigenvalue weighted by atomic mass is 10.1. The van der Waals surface area contributed by atoms with E-state index >= 15 is 0 Å². The van der Waals surface area contributed by atoms with Crippen LogP contribution in [0.1, 0.15) is 38.2 Å². The molecule has 1 heteroatoms. The van der Waals surface area contributed by atoms with E-state index in [2.05, 4.69) is 42.3 Å². The Morgan fingerprint density at radius 3 is 2.24 bits per heavy atom. The molecule has 108 valence electrons. The van der Waals surface area contributed by atoms with Gasteiger partial charge in [-0.15, -0.1) is 0 Å². The molecule has 0 N–H and O–H groups in total. The molecule has 0 atom stereocenters. The van der Waals surface area contributed by atoms with Crippen molar-refractivity contribution < 1.29 is 0 Å². The van der Waals surface area contributed by atoms with E-state index in [-0.39, 0.29) is 0 Å². The summed E-state index contributed by atoms with van der Waals surface area (Å²) in [4.78, 5) is 4.59. The number of allylic oxidation sites excluding steroid dienone is 1. The molecule has 0 unspecified atom stereocenters. The maximum Gasteiger partial charge on any atom is 0.0629 e. The lowest BCUT2D eigenvalue weighted by Crippen LogP contribution is -1.87. The normalized spacial score (nSPS) is 12.0. The predicted molar refractivity (Wildman–Crippen MR) is 93.2 cm³/mol. The summed E-state index contributed by atoms with van der Waals surface area (Å²) in [6.07, 6.45) is 9.06. The molecule has 0 aliphatic carbocycles. The number of para-hydroxylation sites is 1. The highest BCUT2D eigenvalue weighted by Crippen LogP contribution is 2.15. The second-order valence-electron chi connectivity index (χ2n) is 5.18. The number of unbranched alkanes of at least 4 members (excludes halogenated alkanes) is 2. The Labute approximate surface area is 128 Å². The Morgan fingerprint density at radius 2 is 1.57 bits per heavy atom. The molecule has 1 nitrogen and oxygen atoms in total. The van der Waals surface area contributed by atoms with E-state index < -0.39 is 0 Å². The molecule has 2 aromatic rings. The molecule has 0 heterocycles. The summed E-state index contributed by atoms with van der Waals surface area (Å²) in [7, 11) is 0. The van der Waals surface area contributed by atoms with E-state index in [1.165, 1.54) is 30.4 Å². The summed E-state index contributed by atoms with van der Waals surface area (Å²) in [6.45, 7) is 2.23. The van der Waals surface area contributed by atoms with Crippen molar-refractivity contribution in [3.05, 3.63) is 71.8 Å². The number of hydrogen-bond donors (Lipinski definition) is 0. The molecule has 0 aromatic heterocycles. The fourth-order valence-corrected chi connectivity index (χ4v) is 2.19. The molecule has 0 fully saturated rings. The SMILES string of the molecule is CCCCC/C(C=Nc1ccccc1)=C\c1ccccc1. The highest BCUT2D eigenvalue weighted by molar-refractivity contribution is 5.87. The second kappa shape index (κ2) is 8.91. The van der Waals surface area contributed by atoms with Crippen LogP contribution in [0.5, 0.6) is 0 Å². The number of aliphatic imine (C=N–C) groups is 1. The molecular weight excluding hydrogens is 254 g/mol. The minimum Gasteiger partial charge on any atom is -0.257 e. The van der Waals surface area contributed by atoms with Crippen LogP contribution in [-0.4, -0.2) is 6.21 Å². The largest absolute Gasteiger partial charge is 0.257 e. The minimum absolute atomic E-state index is 1.01. The molecule has 0 bridgehead atoms. The third-order valence-corrected chi connectivity index (χ3v) is 3.36. The lowest BCUT2D eigenvalue weighted by Gasteiger charge is -2.02. The van der Waals surface area contributed by atoms with E-state index in [1.54, 1.807) is 0 Å². The van der Waals surface area contributed by atoms with E-state index in [1.807, 2.05) is 42.6 Å². The summed E-state index contributed by atoms with van der Waals surface area (Å²) < 4.78 is 0. The van der Waals surface area contributed by atoms with Gasteiger partial charge >= 0.3 is 0 Å². The molecule has 0 radical (unpaired) electrons. The van der Waals surface area contributed by atoms with Crippen LogP contribution in [0.4, 0.5) is 5.69 Å². The van der Waals surface area contributed by atoms with Crippen molar-refractivity contribution in [2.24, 2.45) is 4.99 Å². The average Bonchev–Trinajstić information content (AvgIpc) is 2.54. The Hall–Kier alpha value is -2.15. The van der Waals surface area contributed by atoms with Gasteiger partial charge in [-0.1, -0.05) is 74.4 Å². The van der Waals surface area contributed by atoms with Crippen molar-refractivity contribution in [1.29, 1.82) is 0 Å². The number of rotatable bonds is 7. The summed E-state index contributed by atoms with van der Waals surface area (Å²) in [5.41, 5.74) is 3.54. The molecule has 2 aromatic carbocycles. The van der Waals surface area contributed by atoms with Gasteiger partial charge in [-0.05, 0) is 36.1 Å². The third-order valence-electron chi connectivity index (χ3n) is 3.36. The maximum absolute atomic E-state index is 4.59. The summed E-state index contributed by atoms with van der Waals surface area (Å²) in [5, 5.41) is 0. The van der Waals surface area contributed by atoms with E-state index in [9.17, 15) is 0 Å². The van der Waals surface area contributed by atoms with Crippen molar-refractivity contribution >= 4 is 18.0 Å². The van der Waals surface area contributed by atoms with Crippen molar-refractivity contribution in [2.75, 3.05) is 0 Å². The van der Waals surface area contributed by atoms with Crippen molar-refractivity contribution in [2.45, 2.75) is 32.6 Å². The van der Waals surface area contributed by atoms with Crippen molar-refractivity contribution in [1.82, 2.24) is 0 Å². The van der Waals surface area contributed by atoms with E-state index in [0.29, 0.717) is 0 Å². The quantitative estimate of drug-likeness (QED) is 0.431. The van der Waals surface area contributed by atoms with Gasteiger partial charge in [0.25, 0.3) is 0 Å². The van der Waals surface area contributed by atoms with Crippen LogP contribution in [0, 0.1) is 0 Å². The highest BCUT2D eigenvalue weighted by atomic mass is 14.7. The van der Waals surface area contributed by atoms with Crippen molar-refractivity contribution in [3.63, 3.8) is 0 Å². The Bertz CT molecular complexity index is 567. The summed E-state index contributed by atoms with van der Waals surface area (Å²) in [5.74, 6) is 0. The fraction of sp³-hybridized carbons (Fsp3) is 0.250. The smallest absolute Gasteiger partial charge is 0.0629 e. The van der Waals surface area contributed by atoms with E-state index in [4.69, 9.17) is 0 Å². The van der Waals surface area contributed by atoms with Gasteiger partial charge < -0.3 is 0 Å². The Kier molecular flexibility index (Phi) is 6.47. The fourth-order valence-electron chi connectivity index (χ4n) is 2.19. The van der Waals surface area contributed by atoms with E-state index in [0.717, 1.165) is 12.1 Å². The average molecular weight is 277 g/mol. The Morgan fingerprint density at radius 1 is 0.905 bits per heavy atom. The first kappa shape index (κ1) is 15.2. The molecule has 0 saturated carbocycles. The molecular formula is C20H23N. The summed E-state index contributed by atoms with van der Waals surface area (Å²) in [6, 6.07) is 20.6. The number of benzene rings is 2. The van der Waals surface area contributed by atoms with Gasteiger partial charge in [0.2, 0.25) is 0 Å². The van der Waals surface area contributed by atoms with Crippen LogP contribution < -0.4 is 0 Å². The summed E-state index contributed by atoms with van der Waals surface area (Å²) >= 11 is 0. The van der Waals surface area contributed by atoms with Gasteiger partial charge in [0.05, 0.1) is 5.69 Å². The first-order valence-corrected chi connectivity index (χ1v) is 7.73. The number of hydrogen-bond acceptors (Lipinski definition) is 1.